The number of halogens is 4. The molecule has 0 fully saturated rings. The Kier molecular flexibility index (Phi) is 4.41. The predicted molar refractivity (Wildman–Crippen MR) is 56.1 cm³/mol. The first-order valence-electron chi connectivity index (χ1n) is 4.99. The molecule has 0 aliphatic heterocycles. The maximum absolute atomic E-state index is 12.9. The molecule has 0 saturated heterocycles. The molecule has 0 bridgehead atoms. The molecule has 0 saturated carbocycles. The van der Waals surface area contributed by atoms with Crippen molar-refractivity contribution in [1.82, 2.24) is 5.32 Å². The highest BCUT2D eigenvalue weighted by Crippen LogP contribution is 2.20. The van der Waals surface area contributed by atoms with Gasteiger partial charge in [0.15, 0.2) is 0 Å². The zero-order valence-electron chi connectivity index (χ0n) is 9.33. The van der Waals surface area contributed by atoms with Crippen molar-refractivity contribution in [2.45, 2.75) is 12.6 Å². The van der Waals surface area contributed by atoms with Gasteiger partial charge < -0.3 is 5.32 Å². The van der Waals surface area contributed by atoms with E-state index in [0.29, 0.717) is 6.07 Å². The number of nitrogens with zero attached hydrogens (tertiary/aromatic N) is 1. The minimum absolute atomic E-state index is 0.598. The largest absolute Gasteiger partial charge is 0.390 e. The number of carbonyl (C=O) groups is 1. The van der Waals surface area contributed by atoms with Crippen LogP contribution >= 0.6 is 0 Å². The molecule has 1 N–H and O–H groups in total. The minimum atomic E-state index is -4.46. The van der Waals surface area contributed by atoms with E-state index in [2.05, 4.69) is 0 Å². The van der Waals surface area contributed by atoms with Crippen molar-refractivity contribution >= 4 is 11.6 Å². The second-order valence-electron chi connectivity index (χ2n) is 3.54. The normalized spacial score (nSPS) is 11.2. The van der Waals surface area contributed by atoms with Crippen molar-refractivity contribution in [2.75, 3.05) is 6.54 Å². The summed E-state index contributed by atoms with van der Waals surface area (Å²) in [6.07, 6.45) is -5.73. The summed E-state index contributed by atoms with van der Waals surface area (Å²) in [5.41, 5.74) is -1.29. The lowest BCUT2D eigenvalue weighted by atomic mass is 10.1. The van der Waals surface area contributed by atoms with E-state index in [-0.39, 0.29) is 0 Å². The molecule has 9 heteroatoms. The zero-order chi connectivity index (χ0) is 14.6. The van der Waals surface area contributed by atoms with Gasteiger partial charge in [0.25, 0.3) is 11.6 Å². The third-order valence-electron chi connectivity index (χ3n) is 2.09. The fraction of sp³-hybridized carbons (Fsp3) is 0.300. The molecule has 0 radical (unpaired) electrons. The second kappa shape index (κ2) is 5.63. The third-order valence-corrected chi connectivity index (χ3v) is 2.09. The van der Waals surface area contributed by atoms with Crippen LogP contribution in [0.5, 0.6) is 0 Å². The molecule has 1 rings (SSSR count). The minimum Gasteiger partial charge on any atom is -0.351 e. The highest BCUT2D eigenvalue weighted by molar-refractivity contribution is 5.98. The molecular formula is C10H8F4N2O3. The van der Waals surface area contributed by atoms with Gasteiger partial charge in [-0.1, -0.05) is 0 Å². The SMILES string of the molecule is O=C(NCCC(F)(F)F)c1cc(F)ccc1[N+](=O)[O-]. The Balaban J connectivity index is 2.81. The summed E-state index contributed by atoms with van der Waals surface area (Å²) in [7, 11) is 0. The van der Waals surface area contributed by atoms with Crippen LogP contribution in [0, 0.1) is 15.9 Å². The summed E-state index contributed by atoms with van der Waals surface area (Å²) in [5, 5.41) is 12.4. The van der Waals surface area contributed by atoms with Crippen LogP contribution < -0.4 is 5.32 Å². The molecule has 0 aromatic heterocycles. The number of nitro benzene ring substituents is 1. The Bertz CT molecular complexity index is 502. The number of nitro groups is 1. The van der Waals surface area contributed by atoms with Crippen molar-refractivity contribution < 1.29 is 27.3 Å². The first-order valence-corrected chi connectivity index (χ1v) is 4.99. The van der Waals surface area contributed by atoms with E-state index in [9.17, 15) is 32.5 Å². The van der Waals surface area contributed by atoms with E-state index in [0.717, 1.165) is 12.1 Å². The summed E-state index contributed by atoms with van der Waals surface area (Å²) in [6, 6.07) is 2.15. The van der Waals surface area contributed by atoms with Crippen molar-refractivity contribution in [2.24, 2.45) is 0 Å². The fourth-order valence-electron chi connectivity index (χ4n) is 1.26. The molecule has 0 atom stereocenters. The standard InChI is InChI=1S/C10H8F4N2O3/c11-6-1-2-8(16(18)19)7(5-6)9(17)15-4-3-10(12,13)14/h1-2,5H,3-4H2,(H,15,17). The highest BCUT2D eigenvalue weighted by Gasteiger charge is 2.27. The lowest BCUT2D eigenvalue weighted by Gasteiger charge is -2.08. The number of hydrogen-bond donors (Lipinski definition) is 1. The van der Waals surface area contributed by atoms with Crippen molar-refractivity contribution in [3.05, 3.63) is 39.7 Å². The molecule has 104 valence electrons. The lowest BCUT2D eigenvalue weighted by Crippen LogP contribution is -2.28. The first kappa shape index (κ1) is 14.9. The number of nitrogens with one attached hydrogen (secondary N) is 1. The maximum Gasteiger partial charge on any atom is 0.390 e. The molecule has 1 aromatic carbocycles. The van der Waals surface area contributed by atoms with E-state index in [1.807, 2.05) is 5.32 Å². The van der Waals surface area contributed by atoms with Crippen molar-refractivity contribution in [3.63, 3.8) is 0 Å². The van der Waals surface area contributed by atoms with Gasteiger partial charge in [-0.15, -0.1) is 0 Å². The van der Waals surface area contributed by atoms with Crippen LogP contribution in [0.3, 0.4) is 0 Å². The van der Waals surface area contributed by atoms with E-state index < -0.39 is 47.0 Å². The molecule has 0 spiro atoms. The number of carbonyl (C=O) groups excluding carboxylic acids is 1. The van der Waals surface area contributed by atoms with E-state index in [1.165, 1.54) is 0 Å². The van der Waals surface area contributed by atoms with Crippen LogP contribution in [0.1, 0.15) is 16.8 Å². The molecule has 0 aliphatic carbocycles. The number of amides is 1. The Morgan fingerprint density at radius 3 is 2.53 bits per heavy atom. The Hall–Kier alpha value is -2.19. The van der Waals surface area contributed by atoms with Gasteiger partial charge >= 0.3 is 6.18 Å². The Labute approximate surface area is 104 Å². The Morgan fingerprint density at radius 2 is 2.00 bits per heavy atom. The monoisotopic (exact) mass is 280 g/mol. The number of alkyl halides is 3. The average Bonchev–Trinajstić information content (AvgIpc) is 2.26. The summed E-state index contributed by atoms with van der Waals surface area (Å²) >= 11 is 0. The van der Waals surface area contributed by atoms with Gasteiger partial charge in [0.05, 0.1) is 11.3 Å². The molecule has 1 amide bonds. The molecule has 0 aliphatic rings. The molecule has 5 nitrogen and oxygen atoms in total. The molecule has 0 unspecified atom stereocenters. The first-order chi connectivity index (χ1) is 8.70. The van der Waals surface area contributed by atoms with Gasteiger partial charge in [-0.2, -0.15) is 13.2 Å². The van der Waals surface area contributed by atoms with Crippen LogP contribution in [-0.4, -0.2) is 23.6 Å². The summed E-state index contributed by atoms with van der Waals surface area (Å²) in [5.74, 6) is -2.03. The van der Waals surface area contributed by atoms with Crippen LogP contribution in [0.25, 0.3) is 0 Å². The van der Waals surface area contributed by atoms with Gasteiger partial charge in [0.2, 0.25) is 0 Å². The van der Waals surface area contributed by atoms with Gasteiger partial charge in [0.1, 0.15) is 11.4 Å². The summed E-state index contributed by atoms with van der Waals surface area (Å²) < 4.78 is 48.5. The Morgan fingerprint density at radius 1 is 1.37 bits per heavy atom. The van der Waals surface area contributed by atoms with Gasteiger partial charge in [-0.25, -0.2) is 4.39 Å². The topological polar surface area (TPSA) is 72.2 Å². The molecule has 1 aromatic rings. The van der Waals surface area contributed by atoms with Crippen LogP contribution in [0.4, 0.5) is 23.2 Å². The van der Waals surface area contributed by atoms with Gasteiger partial charge in [-0.3, -0.25) is 14.9 Å². The van der Waals surface area contributed by atoms with Crippen LogP contribution in [0.2, 0.25) is 0 Å². The quantitative estimate of drug-likeness (QED) is 0.523. The summed E-state index contributed by atoms with van der Waals surface area (Å²) in [4.78, 5) is 21.1. The van der Waals surface area contributed by atoms with Gasteiger partial charge in [0, 0.05) is 12.6 Å². The summed E-state index contributed by atoms with van der Waals surface area (Å²) in [6.45, 7) is -0.740. The third kappa shape index (κ3) is 4.53. The second-order valence-corrected chi connectivity index (χ2v) is 3.54. The average molecular weight is 280 g/mol. The van der Waals surface area contributed by atoms with Gasteiger partial charge in [-0.05, 0) is 12.1 Å². The fourth-order valence-corrected chi connectivity index (χ4v) is 1.26. The zero-order valence-corrected chi connectivity index (χ0v) is 9.33. The smallest absolute Gasteiger partial charge is 0.351 e. The van der Waals surface area contributed by atoms with Crippen molar-refractivity contribution in [1.29, 1.82) is 0 Å². The van der Waals surface area contributed by atoms with Crippen LogP contribution in [0.15, 0.2) is 18.2 Å². The molecule has 0 heterocycles. The van der Waals surface area contributed by atoms with E-state index in [1.54, 1.807) is 0 Å². The van der Waals surface area contributed by atoms with Crippen LogP contribution in [-0.2, 0) is 0 Å². The van der Waals surface area contributed by atoms with E-state index in [4.69, 9.17) is 0 Å². The number of rotatable bonds is 4. The molecular weight excluding hydrogens is 272 g/mol. The predicted octanol–water partition coefficient (Wildman–Crippen LogP) is 2.42. The molecule has 19 heavy (non-hydrogen) atoms. The maximum atomic E-state index is 12.9. The highest BCUT2D eigenvalue weighted by atomic mass is 19.4. The number of hydrogen-bond acceptors (Lipinski definition) is 3. The number of benzene rings is 1. The van der Waals surface area contributed by atoms with Crippen molar-refractivity contribution in [3.8, 4) is 0 Å². The van der Waals surface area contributed by atoms with E-state index >= 15 is 0 Å². The lowest BCUT2D eigenvalue weighted by molar-refractivity contribution is -0.385.